The molecule has 0 radical (unpaired) electrons. The van der Waals surface area contributed by atoms with Crippen LogP contribution in [0.15, 0.2) is 34.7 Å². The third-order valence-electron chi connectivity index (χ3n) is 3.16. The quantitative estimate of drug-likeness (QED) is 0.918. The van der Waals surface area contributed by atoms with Gasteiger partial charge in [-0.3, -0.25) is 0 Å². The molecular weight excluding hydrogens is 246 g/mol. The molecule has 2 aromatic rings. The zero-order chi connectivity index (χ0) is 12.4. The molecule has 1 aliphatic rings. The minimum Gasteiger partial charge on any atom is -0.423 e. The van der Waals surface area contributed by atoms with Crippen LogP contribution in [0.2, 0.25) is 0 Å². The van der Waals surface area contributed by atoms with Crippen LogP contribution < -0.4 is 5.73 Å². The summed E-state index contributed by atoms with van der Waals surface area (Å²) in [5.74, 6) is 3.89. The molecule has 5 heteroatoms. The maximum atomic E-state index is 6.13. The fourth-order valence-electron chi connectivity index (χ4n) is 2.07. The van der Waals surface area contributed by atoms with Crippen LogP contribution >= 0.6 is 11.8 Å². The van der Waals surface area contributed by atoms with Crippen LogP contribution in [0.25, 0.3) is 0 Å². The van der Waals surface area contributed by atoms with E-state index >= 15 is 0 Å². The lowest BCUT2D eigenvalue weighted by atomic mass is 10.1. The van der Waals surface area contributed by atoms with Crippen molar-refractivity contribution in [1.29, 1.82) is 0 Å². The highest BCUT2D eigenvalue weighted by molar-refractivity contribution is 7.99. The number of thioether (sulfide) groups is 1. The van der Waals surface area contributed by atoms with E-state index in [1.165, 1.54) is 5.75 Å². The van der Waals surface area contributed by atoms with Gasteiger partial charge in [0.1, 0.15) is 6.04 Å². The summed E-state index contributed by atoms with van der Waals surface area (Å²) >= 11 is 1.93. The molecule has 1 aromatic carbocycles. The number of aromatic nitrogens is 2. The first kappa shape index (κ1) is 11.7. The topological polar surface area (TPSA) is 64.9 Å². The Bertz CT molecular complexity index is 508. The van der Waals surface area contributed by atoms with Crippen LogP contribution in [0.4, 0.5) is 0 Å². The Morgan fingerprint density at radius 2 is 2.11 bits per heavy atom. The third kappa shape index (κ3) is 2.28. The summed E-state index contributed by atoms with van der Waals surface area (Å²) in [6.07, 6.45) is 1.12. The van der Waals surface area contributed by atoms with E-state index in [-0.39, 0.29) is 6.04 Å². The molecule has 18 heavy (non-hydrogen) atoms. The minimum absolute atomic E-state index is 0.332. The maximum Gasteiger partial charge on any atom is 0.237 e. The van der Waals surface area contributed by atoms with Crippen molar-refractivity contribution in [3.05, 3.63) is 47.7 Å². The lowest BCUT2D eigenvalue weighted by molar-refractivity contribution is 0.413. The van der Waals surface area contributed by atoms with Gasteiger partial charge in [-0.2, -0.15) is 11.8 Å². The Morgan fingerprint density at radius 3 is 2.83 bits per heavy atom. The Kier molecular flexibility index (Phi) is 3.34. The summed E-state index contributed by atoms with van der Waals surface area (Å²) in [4.78, 5) is 0. The summed E-state index contributed by atoms with van der Waals surface area (Å²) in [5.41, 5.74) is 7.12. The summed E-state index contributed by atoms with van der Waals surface area (Å²) in [5, 5.41) is 8.22. The Morgan fingerprint density at radius 1 is 1.28 bits per heavy atom. The highest BCUT2D eigenvalue weighted by Gasteiger charge is 2.25. The fourth-order valence-corrected chi connectivity index (χ4v) is 3.28. The van der Waals surface area contributed by atoms with Gasteiger partial charge in [-0.25, -0.2) is 0 Å². The van der Waals surface area contributed by atoms with Gasteiger partial charge in [0, 0.05) is 11.7 Å². The van der Waals surface area contributed by atoms with Crippen LogP contribution in [-0.4, -0.2) is 21.7 Å². The van der Waals surface area contributed by atoms with Gasteiger partial charge in [0.2, 0.25) is 11.8 Å². The summed E-state index contributed by atoms with van der Waals surface area (Å²) < 4.78 is 5.72. The first-order valence-corrected chi connectivity index (χ1v) is 7.21. The second kappa shape index (κ2) is 5.12. The molecule has 2 atom stereocenters. The van der Waals surface area contributed by atoms with Crippen LogP contribution in [0.1, 0.15) is 35.7 Å². The molecule has 1 aromatic heterocycles. The van der Waals surface area contributed by atoms with E-state index < -0.39 is 0 Å². The summed E-state index contributed by atoms with van der Waals surface area (Å²) in [7, 11) is 0. The fraction of sp³-hybridized carbons (Fsp3) is 0.385. The van der Waals surface area contributed by atoms with Gasteiger partial charge in [0.05, 0.1) is 0 Å². The van der Waals surface area contributed by atoms with E-state index in [0.717, 1.165) is 23.6 Å². The Balaban J connectivity index is 1.80. The van der Waals surface area contributed by atoms with E-state index in [4.69, 9.17) is 10.2 Å². The van der Waals surface area contributed by atoms with Gasteiger partial charge < -0.3 is 10.2 Å². The van der Waals surface area contributed by atoms with Crippen molar-refractivity contribution < 1.29 is 4.42 Å². The van der Waals surface area contributed by atoms with Crippen molar-refractivity contribution in [3.8, 4) is 0 Å². The zero-order valence-corrected chi connectivity index (χ0v) is 10.8. The highest BCUT2D eigenvalue weighted by Crippen LogP contribution is 2.32. The number of rotatable bonds is 3. The lowest BCUT2D eigenvalue weighted by Crippen LogP contribution is -2.12. The molecule has 0 amide bonds. The van der Waals surface area contributed by atoms with Crippen molar-refractivity contribution >= 4 is 11.8 Å². The number of hydrogen-bond donors (Lipinski definition) is 1. The molecule has 0 spiro atoms. The molecule has 2 heterocycles. The van der Waals surface area contributed by atoms with E-state index in [0.29, 0.717) is 11.8 Å². The lowest BCUT2D eigenvalue weighted by Gasteiger charge is -2.06. The van der Waals surface area contributed by atoms with E-state index in [1.807, 2.05) is 42.1 Å². The summed E-state index contributed by atoms with van der Waals surface area (Å²) in [6.45, 7) is 0. The first-order valence-electron chi connectivity index (χ1n) is 6.06. The standard InChI is InChI=1S/C13H15N3OS/c14-11(9-4-2-1-3-5-9)13-16-15-12(17-13)10-6-7-18-8-10/h1-5,10-11H,6-8,14H2. The van der Waals surface area contributed by atoms with Crippen LogP contribution in [0.5, 0.6) is 0 Å². The highest BCUT2D eigenvalue weighted by atomic mass is 32.2. The molecule has 3 rings (SSSR count). The number of benzene rings is 1. The Labute approximate surface area is 110 Å². The minimum atomic E-state index is -0.332. The third-order valence-corrected chi connectivity index (χ3v) is 4.32. The molecule has 1 fully saturated rings. The molecule has 0 aliphatic carbocycles. The number of nitrogens with zero attached hydrogens (tertiary/aromatic N) is 2. The van der Waals surface area contributed by atoms with E-state index in [2.05, 4.69) is 10.2 Å². The molecule has 1 saturated heterocycles. The second-order valence-electron chi connectivity index (χ2n) is 4.43. The average molecular weight is 261 g/mol. The molecule has 2 unspecified atom stereocenters. The van der Waals surface area contributed by atoms with Gasteiger partial charge in [-0.1, -0.05) is 30.3 Å². The molecule has 0 bridgehead atoms. The van der Waals surface area contributed by atoms with Crippen molar-refractivity contribution in [3.63, 3.8) is 0 Å². The summed E-state index contributed by atoms with van der Waals surface area (Å²) in [6, 6.07) is 9.49. The molecule has 94 valence electrons. The molecule has 4 nitrogen and oxygen atoms in total. The molecule has 1 aliphatic heterocycles. The largest absolute Gasteiger partial charge is 0.423 e. The van der Waals surface area contributed by atoms with Gasteiger partial charge >= 0.3 is 0 Å². The van der Waals surface area contributed by atoms with Crippen molar-refractivity contribution in [2.75, 3.05) is 11.5 Å². The SMILES string of the molecule is NC(c1ccccc1)c1nnc(C2CCSC2)o1. The average Bonchev–Trinajstić information content (AvgIpc) is 3.09. The monoisotopic (exact) mass is 261 g/mol. The van der Waals surface area contributed by atoms with Crippen molar-refractivity contribution in [2.24, 2.45) is 5.73 Å². The molecule has 2 N–H and O–H groups in total. The normalized spacial score (nSPS) is 21.1. The second-order valence-corrected chi connectivity index (χ2v) is 5.58. The van der Waals surface area contributed by atoms with Gasteiger partial charge in [-0.05, 0) is 17.7 Å². The van der Waals surface area contributed by atoms with Gasteiger partial charge in [0.25, 0.3) is 0 Å². The molecule has 0 saturated carbocycles. The van der Waals surface area contributed by atoms with Crippen LogP contribution in [-0.2, 0) is 0 Å². The predicted molar refractivity (Wildman–Crippen MR) is 71.5 cm³/mol. The van der Waals surface area contributed by atoms with Crippen LogP contribution in [0.3, 0.4) is 0 Å². The molecular formula is C13H15N3OS. The first-order chi connectivity index (χ1) is 8.84. The van der Waals surface area contributed by atoms with Crippen molar-refractivity contribution in [2.45, 2.75) is 18.4 Å². The van der Waals surface area contributed by atoms with Gasteiger partial charge in [-0.15, -0.1) is 10.2 Å². The van der Waals surface area contributed by atoms with Crippen molar-refractivity contribution in [1.82, 2.24) is 10.2 Å². The number of nitrogens with two attached hydrogens (primary N) is 1. The predicted octanol–water partition coefficient (Wildman–Crippen LogP) is 2.34. The van der Waals surface area contributed by atoms with E-state index in [1.54, 1.807) is 0 Å². The van der Waals surface area contributed by atoms with Gasteiger partial charge in [0.15, 0.2) is 0 Å². The number of hydrogen-bond acceptors (Lipinski definition) is 5. The Hall–Kier alpha value is -1.33. The van der Waals surface area contributed by atoms with Crippen LogP contribution in [0, 0.1) is 0 Å². The maximum absolute atomic E-state index is 6.13. The van der Waals surface area contributed by atoms with E-state index in [9.17, 15) is 0 Å². The smallest absolute Gasteiger partial charge is 0.237 e. The zero-order valence-electron chi connectivity index (χ0n) is 9.95.